The Bertz CT molecular complexity index is 399. The van der Waals surface area contributed by atoms with Crippen LogP contribution in [0.4, 0.5) is 0 Å². The number of hydrogen-bond acceptors (Lipinski definition) is 3. The Balaban J connectivity index is 1.89. The first-order valence-corrected chi connectivity index (χ1v) is 7.08. The molecular formula is C15H24N2O2. The molecule has 0 bridgehead atoms. The average Bonchev–Trinajstić information content (AvgIpc) is 2.85. The predicted octanol–water partition coefficient (Wildman–Crippen LogP) is 1.05. The number of hydrogen-bond donors (Lipinski definition) is 2. The van der Waals surface area contributed by atoms with Gasteiger partial charge < -0.3 is 15.8 Å². The summed E-state index contributed by atoms with van der Waals surface area (Å²) in [6, 6.07) is 0. The van der Waals surface area contributed by atoms with Crippen molar-refractivity contribution in [3.8, 4) is 12.3 Å². The molecule has 2 rings (SSSR count). The van der Waals surface area contributed by atoms with E-state index in [9.17, 15) is 4.79 Å². The summed E-state index contributed by atoms with van der Waals surface area (Å²) in [5, 5.41) is 2.96. The van der Waals surface area contributed by atoms with E-state index in [1.807, 2.05) is 13.8 Å². The van der Waals surface area contributed by atoms with E-state index in [1.54, 1.807) is 0 Å². The number of nitrogens with one attached hydrogen (secondary N) is 1. The highest BCUT2D eigenvalue weighted by Gasteiger charge is 2.71. The monoisotopic (exact) mass is 264 g/mol. The maximum atomic E-state index is 12.4. The maximum Gasteiger partial charge on any atom is 0.241 e. The van der Waals surface area contributed by atoms with Crippen LogP contribution in [0.15, 0.2) is 0 Å². The second kappa shape index (κ2) is 5.15. The number of unbranched alkanes of at least 4 members (excludes halogenated alkanes) is 2. The largest absolute Gasteiger partial charge is 0.377 e. The molecule has 0 aromatic heterocycles. The fraction of sp³-hybridized carbons (Fsp3) is 0.800. The van der Waals surface area contributed by atoms with Crippen LogP contribution in [0, 0.1) is 23.7 Å². The Kier molecular flexibility index (Phi) is 3.89. The molecule has 1 aliphatic heterocycles. The summed E-state index contributed by atoms with van der Waals surface area (Å²) in [7, 11) is 0. The Morgan fingerprint density at radius 2 is 2.26 bits per heavy atom. The molecule has 19 heavy (non-hydrogen) atoms. The Morgan fingerprint density at radius 3 is 2.95 bits per heavy atom. The van der Waals surface area contributed by atoms with Gasteiger partial charge in [0.2, 0.25) is 5.91 Å². The van der Waals surface area contributed by atoms with Gasteiger partial charge in [0.25, 0.3) is 0 Å². The Hall–Kier alpha value is -1.05. The van der Waals surface area contributed by atoms with Crippen molar-refractivity contribution >= 4 is 5.91 Å². The molecule has 3 atom stereocenters. The molecule has 1 amide bonds. The summed E-state index contributed by atoms with van der Waals surface area (Å²) in [5.74, 6) is 2.72. The Morgan fingerprint density at radius 1 is 1.53 bits per heavy atom. The summed E-state index contributed by atoms with van der Waals surface area (Å²) in [6.45, 7) is 5.41. The van der Waals surface area contributed by atoms with Gasteiger partial charge in [-0.2, -0.15) is 0 Å². The molecule has 0 aromatic carbocycles. The number of rotatable bonds is 5. The van der Waals surface area contributed by atoms with E-state index in [4.69, 9.17) is 16.9 Å². The summed E-state index contributed by atoms with van der Waals surface area (Å²) < 4.78 is 5.69. The summed E-state index contributed by atoms with van der Waals surface area (Å²) in [6.07, 6.45) is 8.80. The van der Waals surface area contributed by atoms with Gasteiger partial charge in [-0.05, 0) is 19.3 Å². The van der Waals surface area contributed by atoms with Crippen molar-refractivity contribution in [1.29, 1.82) is 0 Å². The first-order chi connectivity index (χ1) is 8.96. The van der Waals surface area contributed by atoms with Crippen molar-refractivity contribution in [2.24, 2.45) is 17.1 Å². The fourth-order valence-electron chi connectivity index (χ4n) is 3.55. The smallest absolute Gasteiger partial charge is 0.241 e. The zero-order valence-corrected chi connectivity index (χ0v) is 11.9. The van der Waals surface area contributed by atoms with Gasteiger partial charge in [-0.1, -0.05) is 13.8 Å². The topological polar surface area (TPSA) is 64.4 Å². The van der Waals surface area contributed by atoms with Crippen LogP contribution in [0.1, 0.15) is 39.5 Å². The molecule has 1 aliphatic carbocycles. The molecule has 0 spiro atoms. The van der Waals surface area contributed by atoms with Crippen LogP contribution in [0.2, 0.25) is 0 Å². The summed E-state index contributed by atoms with van der Waals surface area (Å²) in [5.41, 5.74) is 5.34. The van der Waals surface area contributed by atoms with Gasteiger partial charge in [0, 0.05) is 30.9 Å². The minimum Gasteiger partial charge on any atom is -0.377 e. The highest BCUT2D eigenvalue weighted by Crippen LogP contribution is 2.58. The second-order valence-corrected chi connectivity index (χ2v) is 6.19. The van der Waals surface area contributed by atoms with Crippen LogP contribution >= 0.6 is 0 Å². The summed E-state index contributed by atoms with van der Waals surface area (Å²) >= 11 is 0. The number of terminal acetylenes is 1. The zero-order chi connectivity index (χ0) is 14.1. The number of ether oxygens (including phenoxy) is 1. The molecule has 2 fully saturated rings. The summed E-state index contributed by atoms with van der Waals surface area (Å²) in [4.78, 5) is 12.4. The van der Waals surface area contributed by atoms with Gasteiger partial charge in [0.15, 0.2) is 0 Å². The Labute approximate surface area is 115 Å². The number of carbonyl (C=O) groups is 1. The van der Waals surface area contributed by atoms with E-state index < -0.39 is 5.54 Å². The lowest BCUT2D eigenvalue weighted by Gasteiger charge is -2.60. The second-order valence-electron chi connectivity index (χ2n) is 6.19. The first kappa shape index (κ1) is 14.4. The highest BCUT2D eigenvalue weighted by atomic mass is 16.5. The first-order valence-electron chi connectivity index (χ1n) is 7.08. The zero-order valence-electron chi connectivity index (χ0n) is 11.9. The van der Waals surface area contributed by atoms with Gasteiger partial charge >= 0.3 is 0 Å². The van der Waals surface area contributed by atoms with Crippen molar-refractivity contribution in [3.63, 3.8) is 0 Å². The lowest BCUT2D eigenvalue weighted by molar-refractivity contribution is -0.175. The lowest BCUT2D eigenvalue weighted by atomic mass is 9.48. The molecule has 2 aliphatic rings. The van der Waals surface area contributed by atoms with Gasteiger partial charge in [0.05, 0.1) is 6.10 Å². The molecule has 0 aromatic rings. The molecule has 0 radical (unpaired) electrons. The third-order valence-electron chi connectivity index (χ3n) is 4.86. The quantitative estimate of drug-likeness (QED) is 0.576. The van der Waals surface area contributed by atoms with Gasteiger partial charge in [-0.15, -0.1) is 12.3 Å². The van der Waals surface area contributed by atoms with E-state index in [0.717, 1.165) is 25.7 Å². The third-order valence-corrected chi connectivity index (χ3v) is 4.86. The minimum atomic E-state index is -0.791. The van der Waals surface area contributed by atoms with Crippen molar-refractivity contribution in [3.05, 3.63) is 0 Å². The van der Waals surface area contributed by atoms with Crippen LogP contribution in [0.25, 0.3) is 0 Å². The molecular weight excluding hydrogens is 240 g/mol. The molecule has 1 saturated heterocycles. The van der Waals surface area contributed by atoms with Gasteiger partial charge in [-0.25, -0.2) is 0 Å². The minimum absolute atomic E-state index is 0.0371. The fourth-order valence-corrected chi connectivity index (χ4v) is 3.55. The van der Waals surface area contributed by atoms with Crippen molar-refractivity contribution in [2.45, 2.75) is 51.2 Å². The van der Waals surface area contributed by atoms with Gasteiger partial charge in [0.1, 0.15) is 5.54 Å². The maximum absolute atomic E-state index is 12.4. The molecule has 3 N–H and O–H groups in total. The van der Waals surface area contributed by atoms with E-state index in [0.29, 0.717) is 13.2 Å². The predicted molar refractivity (Wildman–Crippen MR) is 74.2 cm³/mol. The van der Waals surface area contributed by atoms with Crippen LogP contribution in [0.3, 0.4) is 0 Å². The SMILES string of the molecule is C#CCCCCNC(=O)C1(N)C2CCOC2C1(C)C. The normalized spacial score (nSPS) is 35.1. The van der Waals surface area contributed by atoms with Crippen LogP contribution in [0.5, 0.6) is 0 Å². The van der Waals surface area contributed by atoms with E-state index >= 15 is 0 Å². The number of amides is 1. The molecule has 1 saturated carbocycles. The highest BCUT2D eigenvalue weighted by molar-refractivity contribution is 5.89. The van der Waals surface area contributed by atoms with E-state index in [-0.39, 0.29) is 23.3 Å². The standard InChI is InChI=1S/C15H24N2O2/c1-4-5-6-7-9-17-13(18)15(16)11-8-10-19-12(11)14(15,2)3/h1,11-12H,5-10,16H2,2-3H3,(H,17,18). The van der Waals surface area contributed by atoms with Crippen molar-refractivity contribution in [1.82, 2.24) is 5.32 Å². The number of fused-ring (bicyclic) bond motifs is 1. The molecule has 106 valence electrons. The van der Waals surface area contributed by atoms with Crippen molar-refractivity contribution in [2.75, 3.05) is 13.2 Å². The van der Waals surface area contributed by atoms with E-state index in [1.165, 1.54) is 0 Å². The number of nitrogens with two attached hydrogens (primary N) is 1. The van der Waals surface area contributed by atoms with Crippen molar-refractivity contribution < 1.29 is 9.53 Å². The number of carbonyl (C=O) groups excluding carboxylic acids is 1. The molecule has 4 heteroatoms. The van der Waals surface area contributed by atoms with Crippen LogP contribution in [-0.2, 0) is 9.53 Å². The molecule has 4 nitrogen and oxygen atoms in total. The lowest BCUT2D eigenvalue weighted by Crippen LogP contribution is -2.80. The third kappa shape index (κ3) is 2.05. The van der Waals surface area contributed by atoms with Crippen LogP contribution < -0.4 is 11.1 Å². The van der Waals surface area contributed by atoms with E-state index in [2.05, 4.69) is 11.2 Å². The molecule has 3 unspecified atom stereocenters. The van der Waals surface area contributed by atoms with Crippen LogP contribution in [-0.4, -0.2) is 30.7 Å². The van der Waals surface area contributed by atoms with Gasteiger partial charge in [-0.3, -0.25) is 4.79 Å². The average molecular weight is 264 g/mol. The molecule has 1 heterocycles.